The normalized spacial score (nSPS) is 12.2. The molecule has 0 rings (SSSR count). The molecule has 0 spiro atoms. The van der Waals surface area contributed by atoms with Gasteiger partial charge in [-0.2, -0.15) is 0 Å². The topological polar surface area (TPSA) is 46.2 Å². The van der Waals surface area contributed by atoms with Gasteiger partial charge in [-0.05, 0) is 6.92 Å². The number of sulfone groups is 1. The van der Waals surface area contributed by atoms with Gasteiger partial charge in [0.2, 0.25) is 0 Å². The van der Waals surface area contributed by atoms with Crippen molar-refractivity contribution in [1.82, 2.24) is 5.32 Å². The first-order valence-corrected chi connectivity index (χ1v) is 4.61. The predicted molar refractivity (Wildman–Crippen MR) is 37.7 cm³/mol. The molecule has 3 nitrogen and oxygen atoms in total. The molecule has 0 aromatic carbocycles. The van der Waals surface area contributed by atoms with Crippen LogP contribution in [0.1, 0.15) is 6.92 Å². The van der Waals surface area contributed by atoms with E-state index in [1.807, 2.05) is 6.92 Å². The smallest absolute Gasteiger partial charge is 0.170 e. The number of hydrogen-bond acceptors (Lipinski definition) is 3. The van der Waals surface area contributed by atoms with Crippen LogP contribution in [0.5, 0.6) is 0 Å². The van der Waals surface area contributed by atoms with Crippen LogP contribution in [-0.4, -0.2) is 21.2 Å². The molecule has 0 aliphatic rings. The lowest BCUT2D eigenvalue weighted by Crippen LogP contribution is -2.03. The third-order valence-corrected chi connectivity index (χ3v) is 1.27. The summed E-state index contributed by atoms with van der Waals surface area (Å²) in [6, 6.07) is 0. The van der Waals surface area contributed by atoms with Crippen LogP contribution in [0, 0.1) is 0 Å². The van der Waals surface area contributed by atoms with Gasteiger partial charge in [-0.15, -0.1) is 0 Å². The van der Waals surface area contributed by atoms with E-state index in [9.17, 15) is 8.42 Å². The molecule has 54 valence electrons. The highest BCUT2D eigenvalue weighted by Crippen LogP contribution is 1.81. The minimum Gasteiger partial charge on any atom is -0.391 e. The molecule has 0 fully saturated rings. The van der Waals surface area contributed by atoms with Gasteiger partial charge in [0.1, 0.15) is 0 Å². The number of rotatable bonds is 3. The lowest BCUT2D eigenvalue weighted by Gasteiger charge is -1.89. The Kier molecular flexibility index (Phi) is 3.30. The summed E-state index contributed by atoms with van der Waals surface area (Å²) in [4.78, 5) is 0. The maximum absolute atomic E-state index is 10.4. The third-order valence-electron chi connectivity index (χ3n) is 0.637. The Hall–Kier alpha value is -0.510. The molecule has 0 aromatic rings. The van der Waals surface area contributed by atoms with Crippen molar-refractivity contribution >= 4 is 9.84 Å². The summed E-state index contributed by atoms with van der Waals surface area (Å²) in [5, 5.41) is 3.88. The Bertz CT molecular complexity index is 181. The van der Waals surface area contributed by atoms with Crippen molar-refractivity contribution in [2.75, 3.05) is 12.8 Å². The summed E-state index contributed by atoms with van der Waals surface area (Å²) in [5.41, 5.74) is 0. The van der Waals surface area contributed by atoms with Gasteiger partial charge in [0.25, 0.3) is 0 Å². The SMILES string of the molecule is CCN/C=C/S(C)(=O)=O. The van der Waals surface area contributed by atoms with E-state index in [2.05, 4.69) is 5.32 Å². The van der Waals surface area contributed by atoms with Gasteiger partial charge < -0.3 is 5.32 Å². The molecule has 0 saturated heterocycles. The standard InChI is InChI=1S/C5H11NO2S/c1-3-6-4-5-9(2,7)8/h4-6H,3H2,1-2H3/b5-4+. The second-order valence-electron chi connectivity index (χ2n) is 1.69. The van der Waals surface area contributed by atoms with Crippen LogP contribution >= 0.6 is 0 Å². The second-order valence-corrected chi connectivity index (χ2v) is 3.62. The Labute approximate surface area is 55.7 Å². The Morgan fingerprint density at radius 3 is 2.44 bits per heavy atom. The minimum atomic E-state index is -2.94. The average Bonchev–Trinajstić information content (AvgIpc) is 1.63. The van der Waals surface area contributed by atoms with Gasteiger partial charge in [-0.25, -0.2) is 8.42 Å². The lowest BCUT2D eigenvalue weighted by atomic mass is 10.7. The van der Waals surface area contributed by atoms with Crippen LogP contribution in [-0.2, 0) is 9.84 Å². The quantitative estimate of drug-likeness (QED) is 0.619. The zero-order chi connectivity index (χ0) is 7.33. The number of hydrogen-bond donors (Lipinski definition) is 1. The maximum Gasteiger partial charge on any atom is 0.170 e. The Morgan fingerprint density at radius 1 is 1.56 bits per heavy atom. The summed E-state index contributed by atoms with van der Waals surface area (Å²) >= 11 is 0. The van der Waals surface area contributed by atoms with Crippen molar-refractivity contribution in [3.8, 4) is 0 Å². The molecule has 0 aliphatic carbocycles. The molecule has 4 heteroatoms. The zero-order valence-electron chi connectivity index (χ0n) is 5.59. The molecule has 0 aliphatic heterocycles. The van der Waals surface area contributed by atoms with Gasteiger partial charge in [0.15, 0.2) is 9.84 Å². The summed E-state index contributed by atoms with van der Waals surface area (Å²) in [7, 11) is -2.94. The molecule has 9 heavy (non-hydrogen) atoms. The maximum atomic E-state index is 10.4. The van der Waals surface area contributed by atoms with E-state index in [0.717, 1.165) is 18.2 Å². The Balaban J connectivity index is 3.73. The van der Waals surface area contributed by atoms with Crippen LogP contribution in [0.2, 0.25) is 0 Å². The molecule has 0 saturated carbocycles. The summed E-state index contributed by atoms with van der Waals surface area (Å²) in [6.45, 7) is 2.64. The van der Waals surface area contributed by atoms with E-state index in [1.54, 1.807) is 0 Å². The number of nitrogens with one attached hydrogen (secondary N) is 1. The van der Waals surface area contributed by atoms with Gasteiger partial charge in [-0.3, -0.25) is 0 Å². The Morgan fingerprint density at radius 2 is 2.11 bits per heavy atom. The van der Waals surface area contributed by atoms with Crippen molar-refractivity contribution in [2.24, 2.45) is 0 Å². The van der Waals surface area contributed by atoms with E-state index in [4.69, 9.17) is 0 Å². The highest BCUT2D eigenvalue weighted by molar-refractivity contribution is 7.93. The fraction of sp³-hybridized carbons (Fsp3) is 0.600. The first kappa shape index (κ1) is 8.49. The first-order chi connectivity index (χ1) is 4.06. The first-order valence-electron chi connectivity index (χ1n) is 2.66. The van der Waals surface area contributed by atoms with E-state index in [1.165, 1.54) is 6.20 Å². The predicted octanol–water partition coefficient (Wildman–Crippen LogP) is 0.112. The van der Waals surface area contributed by atoms with Crippen molar-refractivity contribution in [1.29, 1.82) is 0 Å². The van der Waals surface area contributed by atoms with Gasteiger partial charge in [0, 0.05) is 24.4 Å². The van der Waals surface area contributed by atoms with Crippen LogP contribution < -0.4 is 5.32 Å². The van der Waals surface area contributed by atoms with Gasteiger partial charge in [-0.1, -0.05) is 0 Å². The molecule has 0 heterocycles. The lowest BCUT2D eigenvalue weighted by molar-refractivity contribution is 0.610. The minimum absolute atomic E-state index is 0.742. The van der Waals surface area contributed by atoms with Crippen molar-refractivity contribution in [3.05, 3.63) is 11.6 Å². The van der Waals surface area contributed by atoms with Crippen LogP contribution in [0.4, 0.5) is 0 Å². The molecular weight excluding hydrogens is 138 g/mol. The van der Waals surface area contributed by atoms with E-state index < -0.39 is 9.84 Å². The van der Waals surface area contributed by atoms with Crippen LogP contribution in [0.15, 0.2) is 11.6 Å². The second kappa shape index (κ2) is 3.50. The molecule has 1 N–H and O–H groups in total. The van der Waals surface area contributed by atoms with E-state index in [-0.39, 0.29) is 0 Å². The molecular formula is C5H11NO2S. The fourth-order valence-corrected chi connectivity index (χ4v) is 0.633. The van der Waals surface area contributed by atoms with Crippen molar-refractivity contribution in [2.45, 2.75) is 6.92 Å². The van der Waals surface area contributed by atoms with Crippen molar-refractivity contribution < 1.29 is 8.42 Å². The van der Waals surface area contributed by atoms with Crippen molar-refractivity contribution in [3.63, 3.8) is 0 Å². The summed E-state index contributed by atoms with van der Waals surface area (Å²) in [5.74, 6) is 0. The molecule has 0 amide bonds. The summed E-state index contributed by atoms with van der Waals surface area (Å²) in [6.07, 6.45) is 2.58. The monoisotopic (exact) mass is 149 g/mol. The molecule has 0 aromatic heterocycles. The summed E-state index contributed by atoms with van der Waals surface area (Å²) < 4.78 is 20.8. The van der Waals surface area contributed by atoms with E-state index >= 15 is 0 Å². The van der Waals surface area contributed by atoms with Gasteiger partial charge in [0.05, 0.1) is 0 Å². The molecule has 0 atom stereocenters. The molecule has 0 unspecified atom stereocenters. The molecule has 0 radical (unpaired) electrons. The third kappa shape index (κ3) is 7.49. The highest BCUT2D eigenvalue weighted by atomic mass is 32.2. The highest BCUT2D eigenvalue weighted by Gasteiger charge is 1.89. The average molecular weight is 149 g/mol. The van der Waals surface area contributed by atoms with Gasteiger partial charge >= 0.3 is 0 Å². The largest absolute Gasteiger partial charge is 0.391 e. The van der Waals surface area contributed by atoms with Crippen LogP contribution in [0.3, 0.4) is 0 Å². The molecule has 0 bridgehead atoms. The van der Waals surface area contributed by atoms with Crippen LogP contribution in [0.25, 0.3) is 0 Å². The zero-order valence-corrected chi connectivity index (χ0v) is 6.40. The van der Waals surface area contributed by atoms with E-state index in [0.29, 0.717) is 0 Å². The fourth-order valence-electron chi connectivity index (χ4n) is 0.290.